The molecule has 100 valence electrons. The Kier molecular flexibility index (Phi) is 4.61. The molecule has 0 atom stereocenters. The van der Waals surface area contributed by atoms with Crippen molar-refractivity contribution < 1.29 is 14.3 Å². The lowest BCUT2D eigenvalue weighted by atomic mass is 10.1. The van der Waals surface area contributed by atoms with Crippen LogP contribution in [-0.2, 0) is 0 Å². The normalized spacial score (nSPS) is 10.3. The molecule has 0 spiro atoms. The minimum Gasteiger partial charge on any atom is -0.495 e. The number of carbonyl (C=O) groups excluding carboxylic acids is 1. The molecule has 1 aromatic carbocycles. The van der Waals surface area contributed by atoms with Crippen LogP contribution in [0.5, 0.6) is 11.5 Å². The highest BCUT2D eigenvalue weighted by Crippen LogP contribution is 2.32. The van der Waals surface area contributed by atoms with Crippen molar-refractivity contribution in [1.29, 1.82) is 0 Å². The van der Waals surface area contributed by atoms with Gasteiger partial charge in [-0.25, -0.2) is 0 Å². The number of benzene rings is 1. The van der Waals surface area contributed by atoms with Crippen LogP contribution in [0.1, 0.15) is 22.2 Å². The summed E-state index contributed by atoms with van der Waals surface area (Å²) in [7, 11) is 1.56. The fourth-order valence-corrected chi connectivity index (χ4v) is 2.88. The fourth-order valence-electron chi connectivity index (χ4n) is 1.71. The summed E-state index contributed by atoms with van der Waals surface area (Å²) in [6.45, 7) is 2.41. The molecule has 0 aliphatic heterocycles. The highest BCUT2D eigenvalue weighted by atomic mass is 79.9. The van der Waals surface area contributed by atoms with Crippen molar-refractivity contribution in [3.63, 3.8) is 0 Å². The van der Waals surface area contributed by atoms with E-state index in [2.05, 4.69) is 15.9 Å². The third-order valence-electron chi connectivity index (χ3n) is 2.54. The SMILES string of the molecule is CCOc1ccc(Br)cc1C(=O)c1sccc1OC. The van der Waals surface area contributed by atoms with Gasteiger partial charge in [0.2, 0.25) is 5.78 Å². The van der Waals surface area contributed by atoms with E-state index in [1.165, 1.54) is 11.3 Å². The molecule has 2 rings (SSSR count). The predicted octanol–water partition coefficient (Wildman–Crippen LogP) is 4.15. The molecule has 0 fully saturated rings. The minimum absolute atomic E-state index is 0.0865. The molecule has 0 bridgehead atoms. The summed E-state index contributed by atoms with van der Waals surface area (Å²) >= 11 is 4.74. The molecule has 0 N–H and O–H groups in total. The molecule has 0 aliphatic carbocycles. The average molecular weight is 341 g/mol. The fraction of sp³-hybridized carbons (Fsp3) is 0.214. The number of hydrogen-bond donors (Lipinski definition) is 0. The van der Waals surface area contributed by atoms with Crippen molar-refractivity contribution in [1.82, 2.24) is 0 Å². The smallest absolute Gasteiger partial charge is 0.210 e. The van der Waals surface area contributed by atoms with Crippen LogP contribution in [0.4, 0.5) is 0 Å². The Hall–Kier alpha value is -1.33. The standard InChI is InChI=1S/C14H13BrO3S/c1-3-18-11-5-4-9(15)8-10(11)13(16)14-12(17-2)6-7-19-14/h4-8H,3H2,1-2H3. The van der Waals surface area contributed by atoms with Gasteiger partial charge in [0.05, 0.1) is 19.3 Å². The van der Waals surface area contributed by atoms with Gasteiger partial charge in [-0.05, 0) is 36.6 Å². The number of ether oxygens (including phenoxy) is 2. The molecular weight excluding hydrogens is 328 g/mol. The lowest BCUT2D eigenvalue weighted by Crippen LogP contribution is -2.05. The molecule has 0 unspecified atom stereocenters. The van der Waals surface area contributed by atoms with Gasteiger partial charge in [0.1, 0.15) is 16.4 Å². The van der Waals surface area contributed by atoms with E-state index in [9.17, 15) is 4.79 Å². The zero-order valence-corrected chi connectivity index (χ0v) is 13.0. The van der Waals surface area contributed by atoms with Gasteiger partial charge in [-0.15, -0.1) is 11.3 Å². The van der Waals surface area contributed by atoms with E-state index in [1.807, 2.05) is 18.4 Å². The largest absolute Gasteiger partial charge is 0.495 e. The van der Waals surface area contributed by atoms with Crippen LogP contribution < -0.4 is 9.47 Å². The maximum Gasteiger partial charge on any atom is 0.210 e. The first-order valence-corrected chi connectivity index (χ1v) is 7.43. The van der Waals surface area contributed by atoms with Crippen molar-refractivity contribution in [3.05, 3.63) is 44.6 Å². The molecule has 19 heavy (non-hydrogen) atoms. The van der Waals surface area contributed by atoms with Crippen LogP contribution in [0.2, 0.25) is 0 Å². The van der Waals surface area contributed by atoms with E-state index in [4.69, 9.17) is 9.47 Å². The number of ketones is 1. The summed E-state index contributed by atoms with van der Waals surface area (Å²) in [5.74, 6) is 1.10. The second-order valence-corrected chi connectivity index (χ2v) is 5.55. The molecule has 1 aromatic heterocycles. The van der Waals surface area contributed by atoms with Crippen molar-refractivity contribution in [2.45, 2.75) is 6.92 Å². The van der Waals surface area contributed by atoms with E-state index in [-0.39, 0.29) is 5.78 Å². The minimum atomic E-state index is -0.0865. The Morgan fingerprint density at radius 1 is 1.32 bits per heavy atom. The first-order chi connectivity index (χ1) is 9.17. The molecule has 0 aliphatic rings. The van der Waals surface area contributed by atoms with Crippen LogP contribution in [0.25, 0.3) is 0 Å². The van der Waals surface area contributed by atoms with Gasteiger partial charge in [-0.3, -0.25) is 4.79 Å². The van der Waals surface area contributed by atoms with Gasteiger partial charge in [0.15, 0.2) is 0 Å². The zero-order chi connectivity index (χ0) is 13.8. The molecular formula is C14H13BrO3S. The van der Waals surface area contributed by atoms with E-state index >= 15 is 0 Å². The van der Waals surface area contributed by atoms with Crippen molar-refractivity contribution in [2.24, 2.45) is 0 Å². The first kappa shape index (κ1) is 14.1. The van der Waals surface area contributed by atoms with Crippen LogP contribution in [0, 0.1) is 0 Å². The van der Waals surface area contributed by atoms with Crippen LogP contribution in [0.3, 0.4) is 0 Å². The number of halogens is 1. The number of carbonyl (C=O) groups is 1. The van der Waals surface area contributed by atoms with Gasteiger partial charge in [-0.2, -0.15) is 0 Å². The highest BCUT2D eigenvalue weighted by Gasteiger charge is 2.20. The van der Waals surface area contributed by atoms with Gasteiger partial charge in [0.25, 0.3) is 0 Å². The van der Waals surface area contributed by atoms with E-state index in [0.29, 0.717) is 28.5 Å². The second kappa shape index (κ2) is 6.21. The monoisotopic (exact) mass is 340 g/mol. The quantitative estimate of drug-likeness (QED) is 0.767. The molecule has 0 saturated carbocycles. The van der Waals surface area contributed by atoms with Crippen LogP contribution in [-0.4, -0.2) is 19.5 Å². The Morgan fingerprint density at radius 3 is 2.79 bits per heavy atom. The Balaban J connectivity index is 2.45. The predicted molar refractivity (Wildman–Crippen MR) is 79.6 cm³/mol. The molecule has 0 amide bonds. The summed E-state index contributed by atoms with van der Waals surface area (Å²) in [6, 6.07) is 7.21. The molecule has 3 nitrogen and oxygen atoms in total. The van der Waals surface area contributed by atoms with Crippen LogP contribution in [0.15, 0.2) is 34.1 Å². The lowest BCUT2D eigenvalue weighted by molar-refractivity contribution is 0.103. The lowest BCUT2D eigenvalue weighted by Gasteiger charge is -2.10. The Morgan fingerprint density at radius 2 is 2.11 bits per heavy atom. The topological polar surface area (TPSA) is 35.5 Å². The summed E-state index contributed by atoms with van der Waals surface area (Å²) in [4.78, 5) is 13.1. The summed E-state index contributed by atoms with van der Waals surface area (Å²) in [6.07, 6.45) is 0. The van der Waals surface area contributed by atoms with Gasteiger partial charge in [-0.1, -0.05) is 15.9 Å². The molecule has 2 aromatic rings. The molecule has 1 heterocycles. The van der Waals surface area contributed by atoms with E-state index in [1.54, 1.807) is 25.3 Å². The Bertz CT molecular complexity index is 592. The van der Waals surface area contributed by atoms with E-state index in [0.717, 1.165) is 4.47 Å². The number of rotatable bonds is 5. The first-order valence-electron chi connectivity index (χ1n) is 5.76. The third-order valence-corrected chi connectivity index (χ3v) is 3.93. The van der Waals surface area contributed by atoms with Crippen LogP contribution >= 0.6 is 27.3 Å². The van der Waals surface area contributed by atoms with Crippen molar-refractivity contribution in [3.8, 4) is 11.5 Å². The summed E-state index contributed by atoms with van der Waals surface area (Å²) in [5.41, 5.74) is 0.539. The molecule has 0 radical (unpaired) electrons. The highest BCUT2D eigenvalue weighted by molar-refractivity contribution is 9.10. The summed E-state index contributed by atoms with van der Waals surface area (Å²) < 4.78 is 11.5. The number of hydrogen-bond acceptors (Lipinski definition) is 4. The van der Waals surface area contributed by atoms with Gasteiger partial charge >= 0.3 is 0 Å². The summed E-state index contributed by atoms with van der Waals surface area (Å²) in [5, 5.41) is 1.84. The van der Waals surface area contributed by atoms with Crippen molar-refractivity contribution >= 4 is 33.0 Å². The van der Waals surface area contributed by atoms with Gasteiger partial charge in [0, 0.05) is 4.47 Å². The van der Waals surface area contributed by atoms with Gasteiger partial charge < -0.3 is 9.47 Å². The Labute approximate surface area is 124 Å². The number of thiophene rings is 1. The number of methoxy groups -OCH3 is 1. The van der Waals surface area contributed by atoms with Crippen molar-refractivity contribution in [2.75, 3.05) is 13.7 Å². The third kappa shape index (κ3) is 2.98. The maximum atomic E-state index is 12.6. The average Bonchev–Trinajstić information content (AvgIpc) is 2.88. The second-order valence-electron chi connectivity index (χ2n) is 3.72. The molecule has 5 heteroatoms. The molecule has 0 saturated heterocycles. The zero-order valence-electron chi connectivity index (χ0n) is 10.6. The van der Waals surface area contributed by atoms with E-state index < -0.39 is 0 Å². The maximum absolute atomic E-state index is 12.6.